The van der Waals surface area contributed by atoms with Crippen LogP contribution in [0.2, 0.25) is 0 Å². The topological polar surface area (TPSA) is 71.3 Å². The summed E-state index contributed by atoms with van der Waals surface area (Å²) in [6.45, 7) is 1.97. The fraction of sp³-hybridized carbons (Fsp3) is 0.286. The SMILES string of the molecule is Cc1c(CC(NC=O)C(=O)O)n(C)c2ccccc12. The zero-order valence-corrected chi connectivity index (χ0v) is 10.9. The highest BCUT2D eigenvalue weighted by Gasteiger charge is 2.21. The van der Waals surface area contributed by atoms with Crippen LogP contribution in [0.1, 0.15) is 11.3 Å². The Labute approximate surface area is 110 Å². The van der Waals surface area contributed by atoms with Crippen molar-refractivity contribution in [2.24, 2.45) is 7.05 Å². The Morgan fingerprint density at radius 1 is 1.47 bits per heavy atom. The molecule has 0 aliphatic rings. The highest BCUT2D eigenvalue weighted by molar-refractivity contribution is 5.85. The number of aromatic nitrogens is 1. The molecule has 1 unspecified atom stereocenters. The van der Waals surface area contributed by atoms with Gasteiger partial charge in [-0.05, 0) is 18.6 Å². The molecule has 0 spiro atoms. The molecule has 1 heterocycles. The van der Waals surface area contributed by atoms with E-state index in [4.69, 9.17) is 5.11 Å². The van der Waals surface area contributed by atoms with Crippen LogP contribution in [0.25, 0.3) is 10.9 Å². The minimum atomic E-state index is -1.03. The van der Waals surface area contributed by atoms with Gasteiger partial charge in [0.15, 0.2) is 0 Å². The van der Waals surface area contributed by atoms with E-state index < -0.39 is 12.0 Å². The van der Waals surface area contributed by atoms with Crippen molar-refractivity contribution >= 4 is 23.3 Å². The van der Waals surface area contributed by atoms with Crippen LogP contribution in [0.15, 0.2) is 24.3 Å². The second-order valence-corrected chi connectivity index (χ2v) is 4.53. The summed E-state index contributed by atoms with van der Waals surface area (Å²) in [4.78, 5) is 21.6. The van der Waals surface area contributed by atoms with Gasteiger partial charge in [0.1, 0.15) is 6.04 Å². The van der Waals surface area contributed by atoms with Crippen LogP contribution in [0.5, 0.6) is 0 Å². The molecule has 1 aromatic heterocycles. The van der Waals surface area contributed by atoms with Gasteiger partial charge in [-0.1, -0.05) is 18.2 Å². The molecule has 0 saturated carbocycles. The number of nitrogens with one attached hydrogen (secondary N) is 1. The number of nitrogens with zero attached hydrogens (tertiary/aromatic N) is 1. The first-order valence-corrected chi connectivity index (χ1v) is 6.01. The molecule has 2 N–H and O–H groups in total. The molecule has 0 aliphatic carbocycles. The first-order chi connectivity index (χ1) is 9.06. The van der Waals surface area contributed by atoms with Gasteiger partial charge in [-0.3, -0.25) is 4.79 Å². The second-order valence-electron chi connectivity index (χ2n) is 4.53. The number of aryl methyl sites for hydroxylation is 2. The van der Waals surface area contributed by atoms with E-state index in [0.29, 0.717) is 6.41 Å². The van der Waals surface area contributed by atoms with E-state index in [0.717, 1.165) is 22.2 Å². The monoisotopic (exact) mass is 260 g/mol. The summed E-state index contributed by atoms with van der Waals surface area (Å²) in [5.41, 5.74) is 3.03. The summed E-state index contributed by atoms with van der Waals surface area (Å²) < 4.78 is 1.98. The lowest BCUT2D eigenvalue weighted by Gasteiger charge is -2.13. The first-order valence-electron chi connectivity index (χ1n) is 6.01. The molecule has 100 valence electrons. The number of amides is 1. The van der Waals surface area contributed by atoms with Gasteiger partial charge in [-0.25, -0.2) is 4.79 Å². The zero-order valence-electron chi connectivity index (χ0n) is 10.9. The van der Waals surface area contributed by atoms with Crippen molar-refractivity contribution in [3.05, 3.63) is 35.5 Å². The van der Waals surface area contributed by atoms with Crippen molar-refractivity contribution in [3.63, 3.8) is 0 Å². The number of carbonyl (C=O) groups excluding carboxylic acids is 1. The molecule has 5 heteroatoms. The zero-order chi connectivity index (χ0) is 14.0. The van der Waals surface area contributed by atoms with Crippen molar-refractivity contribution in [2.45, 2.75) is 19.4 Å². The molecule has 1 aromatic carbocycles. The number of aliphatic carboxylic acids is 1. The van der Waals surface area contributed by atoms with Gasteiger partial charge in [-0.2, -0.15) is 0 Å². The maximum atomic E-state index is 11.1. The number of fused-ring (bicyclic) bond motifs is 1. The summed E-state index contributed by atoms with van der Waals surface area (Å²) in [5.74, 6) is -1.03. The van der Waals surface area contributed by atoms with Crippen LogP contribution >= 0.6 is 0 Å². The lowest BCUT2D eigenvalue weighted by Crippen LogP contribution is -2.38. The number of hydrogen-bond acceptors (Lipinski definition) is 2. The van der Waals surface area contributed by atoms with E-state index in [1.165, 1.54) is 0 Å². The predicted molar refractivity (Wildman–Crippen MR) is 72.0 cm³/mol. The minimum absolute atomic E-state index is 0.269. The van der Waals surface area contributed by atoms with Gasteiger partial charge in [0.2, 0.25) is 6.41 Å². The van der Waals surface area contributed by atoms with Crippen molar-refractivity contribution in [3.8, 4) is 0 Å². The van der Waals surface area contributed by atoms with Gasteiger partial charge < -0.3 is 15.0 Å². The molecule has 2 rings (SSSR count). The molecular formula is C14H16N2O3. The third-order valence-corrected chi connectivity index (χ3v) is 3.47. The van der Waals surface area contributed by atoms with Gasteiger partial charge >= 0.3 is 5.97 Å². The molecule has 0 radical (unpaired) electrons. The average molecular weight is 260 g/mol. The van der Waals surface area contributed by atoms with Crippen LogP contribution in [-0.4, -0.2) is 28.1 Å². The maximum Gasteiger partial charge on any atom is 0.326 e. The van der Waals surface area contributed by atoms with Crippen molar-refractivity contribution in [2.75, 3.05) is 0 Å². The number of carboxylic acid groups (broad SMARTS) is 1. The van der Waals surface area contributed by atoms with E-state index >= 15 is 0 Å². The van der Waals surface area contributed by atoms with Crippen LogP contribution < -0.4 is 5.32 Å². The van der Waals surface area contributed by atoms with E-state index in [1.54, 1.807) is 0 Å². The number of para-hydroxylation sites is 1. The minimum Gasteiger partial charge on any atom is -0.480 e. The molecule has 19 heavy (non-hydrogen) atoms. The summed E-state index contributed by atoms with van der Waals surface area (Å²) in [5, 5.41) is 12.5. The van der Waals surface area contributed by atoms with E-state index in [1.807, 2.05) is 42.8 Å². The summed E-state index contributed by atoms with van der Waals surface area (Å²) in [7, 11) is 1.91. The molecule has 1 amide bonds. The number of carboxylic acids is 1. The Kier molecular flexibility index (Phi) is 3.55. The highest BCUT2D eigenvalue weighted by Crippen LogP contribution is 2.25. The van der Waals surface area contributed by atoms with Crippen molar-refractivity contribution in [1.82, 2.24) is 9.88 Å². The Balaban J connectivity index is 2.45. The lowest BCUT2D eigenvalue weighted by molar-refractivity contribution is -0.140. The molecule has 0 fully saturated rings. The largest absolute Gasteiger partial charge is 0.480 e. The third-order valence-electron chi connectivity index (χ3n) is 3.47. The number of hydrogen-bond donors (Lipinski definition) is 2. The standard InChI is InChI=1S/C14H16N2O3/c1-9-10-5-3-4-6-12(10)16(2)13(9)7-11(14(18)19)15-8-17/h3-6,8,11H,7H2,1-2H3,(H,15,17)(H,18,19). The van der Waals surface area contributed by atoms with Crippen LogP contribution in [0, 0.1) is 6.92 Å². The fourth-order valence-electron chi connectivity index (χ4n) is 2.42. The summed E-state index contributed by atoms with van der Waals surface area (Å²) in [6.07, 6.45) is 0.696. The maximum absolute atomic E-state index is 11.1. The molecule has 0 saturated heterocycles. The summed E-state index contributed by atoms with van der Waals surface area (Å²) >= 11 is 0. The molecule has 0 bridgehead atoms. The van der Waals surface area contributed by atoms with Crippen LogP contribution in [-0.2, 0) is 23.1 Å². The smallest absolute Gasteiger partial charge is 0.326 e. The first kappa shape index (κ1) is 13.1. The van der Waals surface area contributed by atoms with E-state index in [9.17, 15) is 9.59 Å². The molecule has 2 aromatic rings. The number of carbonyl (C=O) groups is 2. The van der Waals surface area contributed by atoms with Crippen LogP contribution in [0.4, 0.5) is 0 Å². The number of rotatable bonds is 5. The number of benzene rings is 1. The summed E-state index contributed by atoms with van der Waals surface area (Å²) in [6, 6.07) is 7.01. The van der Waals surface area contributed by atoms with Crippen LogP contribution in [0.3, 0.4) is 0 Å². The molecule has 1 atom stereocenters. The van der Waals surface area contributed by atoms with Gasteiger partial charge in [0.05, 0.1) is 0 Å². The lowest BCUT2D eigenvalue weighted by atomic mass is 10.1. The molecule has 5 nitrogen and oxygen atoms in total. The Morgan fingerprint density at radius 2 is 2.16 bits per heavy atom. The van der Waals surface area contributed by atoms with E-state index in [-0.39, 0.29) is 6.42 Å². The predicted octanol–water partition coefficient (Wildman–Crippen LogP) is 1.23. The van der Waals surface area contributed by atoms with Gasteiger partial charge in [-0.15, -0.1) is 0 Å². The van der Waals surface area contributed by atoms with Gasteiger partial charge in [0, 0.05) is 30.1 Å². The fourth-order valence-corrected chi connectivity index (χ4v) is 2.42. The normalized spacial score (nSPS) is 12.3. The van der Waals surface area contributed by atoms with Crippen molar-refractivity contribution < 1.29 is 14.7 Å². The van der Waals surface area contributed by atoms with E-state index in [2.05, 4.69) is 5.32 Å². The molecular weight excluding hydrogens is 244 g/mol. The molecule has 0 aliphatic heterocycles. The third kappa shape index (κ3) is 2.31. The Morgan fingerprint density at radius 3 is 2.74 bits per heavy atom. The van der Waals surface area contributed by atoms with Crippen molar-refractivity contribution in [1.29, 1.82) is 0 Å². The highest BCUT2D eigenvalue weighted by atomic mass is 16.4. The Hall–Kier alpha value is -2.30. The Bertz CT molecular complexity index is 592. The average Bonchev–Trinajstić information content (AvgIpc) is 2.63. The second kappa shape index (κ2) is 5.14. The quantitative estimate of drug-likeness (QED) is 0.794. The van der Waals surface area contributed by atoms with Gasteiger partial charge in [0.25, 0.3) is 0 Å².